The predicted molar refractivity (Wildman–Crippen MR) is 115 cm³/mol. The monoisotopic (exact) mass is 442 g/mol. The van der Waals surface area contributed by atoms with Gasteiger partial charge in [0, 0.05) is 25.7 Å². The second-order valence-corrected chi connectivity index (χ2v) is 7.19. The van der Waals surface area contributed by atoms with Crippen molar-refractivity contribution in [3.8, 4) is 5.75 Å². The third-order valence-electron chi connectivity index (χ3n) is 4.85. The van der Waals surface area contributed by atoms with Gasteiger partial charge in [-0.05, 0) is 43.3 Å². The molecule has 10 heteroatoms. The second-order valence-electron chi connectivity index (χ2n) is 7.19. The molecule has 0 spiro atoms. The first-order valence-corrected chi connectivity index (χ1v) is 10.3. The summed E-state index contributed by atoms with van der Waals surface area (Å²) in [7, 11) is 0. The number of hydrogen-bond donors (Lipinski definition) is 2. The van der Waals surface area contributed by atoms with Crippen LogP contribution in [0.1, 0.15) is 26.0 Å². The number of urea groups is 1. The Hall–Kier alpha value is -3.82. The molecule has 1 fully saturated rings. The minimum atomic E-state index is -0.978. The highest BCUT2D eigenvalue weighted by Crippen LogP contribution is 2.23. The molecule has 2 heterocycles. The minimum Gasteiger partial charge on any atom is -0.494 e. The number of nitrogens with zero attached hydrogens (tertiary/aromatic N) is 2. The molecule has 1 aliphatic rings. The molecule has 2 N–H and O–H groups in total. The van der Waals surface area contributed by atoms with Crippen molar-refractivity contribution in [2.24, 2.45) is 0 Å². The van der Waals surface area contributed by atoms with E-state index in [0.29, 0.717) is 23.8 Å². The van der Waals surface area contributed by atoms with Crippen LogP contribution in [0.2, 0.25) is 0 Å². The lowest BCUT2D eigenvalue weighted by Crippen LogP contribution is -2.42. The Morgan fingerprint density at radius 2 is 1.91 bits per heavy atom. The molecule has 0 radical (unpaired) electrons. The highest BCUT2D eigenvalue weighted by Gasteiger charge is 2.45. The van der Waals surface area contributed by atoms with E-state index in [1.165, 1.54) is 18.1 Å². The molecular weight excluding hydrogens is 416 g/mol. The van der Waals surface area contributed by atoms with Crippen molar-refractivity contribution in [2.45, 2.75) is 32.9 Å². The van der Waals surface area contributed by atoms with E-state index in [2.05, 4.69) is 10.6 Å². The Balaban J connectivity index is 1.69. The summed E-state index contributed by atoms with van der Waals surface area (Å²) in [4.78, 5) is 52.1. The maximum atomic E-state index is 13.0. The van der Waals surface area contributed by atoms with E-state index >= 15 is 0 Å². The summed E-state index contributed by atoms with van der Waals surface area (Å²) in [5.41, 5.74) is 0.549. The fourth-order valence-electron chi connectivity index (χ4n) is 3.39. The van der Waals surface area contributed by atoms with Gasteiger partial charge < -0.3 is 24.7 Å². The molecule has 0 bridgehead atoms. The number of carbonyl (C=O) groups excluding carboxylic acids is 4. The highest BCUT2D eigenvalue weighted by molar-refractivity contribution is 6.06. The van der Waals surface area contributed by atoms with Crippen molar-refractivity contribution < 1.29 is 28.3 Å². The number of benzene rings is 1. The fraction of sp³-hybridized carbons (Fsp3) is 0.364. The molecule has 170 valence electrons. The number of rotatable bonds is 10. The Bertz CT molecular complexity index is 957. The lowest BCUT2D eigenvalue weighted by atomic mass is 10.1. The molecular formula is C22H26N4O6. The quantitative estimate of drug-likeness (QED) is 0.543. The summed E-state index contributed by atoms with van der Waals surface area (Å²) in [6.07, 6.45) is 1.24. The van der Waals surface area contributed by atoms with Crippen LogP contribution in [-0.4, -0.2) is 59.3 Å². The van der Waals surface area contributed by atoms with Gasteiger partial charge in [0.1, 0.15) is 17.6 Å². The third-order valence-corrected chi connectivity index (χ3v) is 4.85. The first kappa shape index (κ1) is 22.9. The molecule has 2 aromatic rings. The summed E-state index contributed by atoms with van der Waals surface area (Å²) < 4.78 is 10.6. The molecule has 10 nitrogen and oxygen atoms in total. The van der Waals surface area contributed by atoms with Crippen LogP contribution >= 0.6 is 0 Å². The molecule has 1 aliphatic heterocycles. The van der Waals surface area contributed by atoms with Gasteiger partial charge in [-0.1, -0.05) is 0 Å². The molecule has 0 aliphatic carbocycles. The third kappa shape index (κ3) is 5.65. The molecule has 1 saturated heterocycles. The average Bonchev–Trinajstić information content (AvgIpc) is 3.34. The van der Waals surface area contributed by atoms with Crippen LogP contribution in [0, 0.1) is 0 Å². The van der Waals surface area contributed by atoms with Crippen molar-refractivity contribution in [1.29, 1.82) is 0 Å². The molecule has 1 aromatic heterocycles. The molecule has 5 amide bonds. The number of nitrogens with one attached hydrogen (secondary N) is 2. The molecule has 1 atom stereocenters. The van der Waals surface area contributed by atoms with E-state index in [9.17, 15) is 19.2 Å². The standard InChI is InChI=1S/C22H26N4O6/c1-3-31-17-8-6-16(7-9-17)24-20(28)13-19-21(29)26(14-18-5-4-12-32-18)22(30)25(19)11-10-23-15(2)27/h4-9,12,19H,3,10-11,13-14H2,1-2H3,(H,23,27)(H,24,28). The van der Waals surface area contributed by atoms with Gasteiger partial charge >= 0.3 is 6.03 Å². The van der Waals surface area contributed by atoms with E-state index in [4.69, 9.17) is 9.15 Å². The van der Waals surface area contributed by atoms with Crippen molar-refractivity contribution in [3.63, 3.8) is 0 Å². The average molecular weight is 442 g/mol. The van der Waals surface area contributed by atoms with Crippen molar-refractivity contribution in [1.82, 2.24) is 15.1 Å². The van der Waals surface area contributed by atoms with Gasteiger partial charge in [-0.3, -0.25) is 19.3 Å². The predicted octanol–water partition coefficient (Wildman–Crippen LogP) is 1.98. The van der Waals surface area contributed by atoms with E-state index in [-0.39, 0.29) is 32.0 Å². The second kappa shape index (κ2) is 10.5. The number of anilines is 1. The molecule has 1 aromatic carbocycles. The van der Waals surface area contributed by atoms with E-state index < -0.39 is 23.9 Å². The lowest BCUT2D eigenvalue weighted by molar-refractivity contribution is -0.131. The van der Waals surface area contributed by atoms with Crippen LogP contribution < -0.4 is 15.4 Å². The maximum Gasteiger partial charge on any atom is 0.327 e. The van der Waals surface area contributed by atoms with E-state index in [1.54, 1.807) is 36.4 Å². The number of amides is 5. The Morgan fingerprint density at radius 3 is 2.53 bits per heavy atom. The molecule has 3 rings (SSSR count). The van der Waals surface area contributed by atoms with Crippen LogP contribution in [0.4, 0.5) is 10.5 Å². The van der Waals surface area contributed by atoms with Crippen LogP contribution in [0.5, 0.6) is 5.75 Å². The summed E-state index contributed by atoms with van der Waals surface area (Å²) in [6, 6.07) is 8.67. The first-order chi connectivity index (χ1) is 15.4. The Morgan fingerprint density at radius 1 is 1.16 bits per heavy atom. The van der Waals surface area contributed by atoms with Gasteiger partial charge in [-0.2, -0.15) is 0 Å². The van der Waals surface area contributed by atoms with Gasteiger partial charge in [0.05, 0.1) is 25.8 Å². The number of ether oxygens (including phenoxy) is 1. The molecule has 32 heavy (non-hydrogen) atoms. The summed E-state index contributed by atoms with van der Waals surface area (Å²) in [5.74, 6) is -0.0197. The zero-order chi connectivity index (χ0) is 23.1. The lowest BCUT2D eigenvalue weighted by Gasteiger charge is -2.21. The van der Waals surface area contributed by atoms with Gasteiger partial charge in [0.15, 0.2) is 0 Å². The van der Waals surface area contributed by atoms with Crippen LogP contribution in [0.25, 0.3) is 0 Å². The van der Waals surface area contributed by atoms with E-state index in [1.807, 2.05) is 6.92 Å². The summed E-state index contributed by atoms with van der Waals surface area (Å²) in [5, 5.41) is 5.34. The van der Waals surface area contributed by atoms with Crippen LogP contribution in [0.15, 0.2) is 47.1 Å². The SMILES string of the molecule is CCOc1ccc(NC(=O)CC2C(=O)N(Cc3ccco3)C(=O)N2CCNC(C)=O)cc1. The van der Waals surface area contributed by atoms with Crippen LogP contribution in [-0.2, 0) is 20.9 Å². The number of furan rings is 1. The summed E-state index contributed by atoms with van der Waals surface area (Å²) >= 11 is 0. The highest BCUT2D eigenvalue weighted by atomic mass is 16.5. The topological polar surface area (TPSA) is 121 Å². The number of carbonyl (C=O) groups is 4. The smallest absolute Gasteiger partial charge is 0.327 e. The first-order valence-electron chi connectivity index (χ1n) is 10.3. The molecule has 1 unspecified atom stereocenters. The Labute approximate surface area is 185 Å². The maximum absolute atomic E-state index is 13.0. The van der Waals surface area contributed by atoms with Crippen molar-refractivity contribution in [3.05, 3.63) is 48.4 Å². The normalized spacial score (nSPS) is 15.8. The molecule has 0 saturated carbocycles. The van der Waals surface area contributed by atoms with Crippen molar-refractivity contribution in [2.75, 3.05) is 25.0 Å². The summed E-state index contributed by atoms with van der Waals surface area (Å²) in [6.45, 7) is 4.01. The van der Waals surface area contributed by atoms with Gasteiger partial charge in [-0.25, -0.2) is 4.79 Å². The van der Waals surface area contributed by atoms with Gasteiger partial charge in [0.2, 0.25) is 11.8 Å². The number of hydrogen-bond acceptors (Lipinski definition) is 6. The zero-order valence-electron chi connectivity index (χ0n) is 18.0. The number of imide groups is 1. The Kier molecular flexibility index (Phi) is 7.48. The van der Waals surface area contributed by atoms with Gasteiger partial charge in [-0.15, -0.1) is 0 Å². The van der Waals surface area contributed by atoms with Crippen LogP contribution in [0.3, 0.4) is 0 Å². The largest absolute Gasteiger partial charge is 0.494 e. The minimum absolute atomic E-state index is 0.0295. The van der Waals surface area contributed by atoms with Gasteiger partial charge in [0.25, 0.3) is 5.91 Å². The van der Waals surface area contributed by atoms with E-state index in [0.717, 1.165) is 4.90 Å². The van der Waals surface area contributed by atoms with Crippen molar-refractivity contribution >= 4 is 29.4 Å². The zero-order valence-corrected chi connectivity index (χ0v) is 18.0. The fourth-order valence-corrected chi connectivity index (χ4v) is 3.39.